The lowest BCUT2D eigenvalue weighted by molar-refractivity contribution is -0.0583. The first-order valence-electron chi connectivity index (χ1n) is 6.06. The van der Waals surface area contributed by atoms with E-state index in [4.69, 9.17) is 14.5 Å². The van der Waals surface area contributed by atoms with Crippen molar-refractivity contribution in [2.75, 3.05) is 6.61 Å². The summed E-state index contributed by atoms with van der Waals surface area (Å²) in [4.78, 5) is 4.33. The Bertz CT molecular complexity index is 377. The fourth-order valence-electron chi connectivity index (χ4n) is 1.82. The molecule has 1 aromatic rings. The molecule has 0 radical (unpaired) electrons. The summed E-state index contributed by atoms with van der Waals surface area (Å²) in [6.07, 6.45) is 2.49. The molecular weight excluding hydrogens is 218 g/mol. The second kappa shape index (κ2) is 6.36. The Labute approximate surface area is 102 Å². The van der Waals surface area contributed by atoms with Crippen molar-refractivity contribution in [3.8, 4) is 6.07 Å². The molecule has 0 amide bonds. The highest BCUT2D eigenvalue weighted by molar-refractivity contribution is 5.01. The van der Waals surface area contributed by atoms with Crippen molar-refractivity contribution in [2.24, 2.45) is 0 Å². The number of aromatic nitrogens is 2. The fraction of sp³-hybridized carbons (Fsp3) is 0.750. The average Bonchev–Trinajstić information content (AvgIpc) is 2.83. The third-order valence-electron chi connectivity index (χ3n) is 2.89. The molecule has 0 saturated carbocycles. The molecule has 0 aliphatic carbocycles. The molecular formula is C12H19N3O2. The largest absolute Gasteiger partial charge is 0.367 e. The van der Waals surface area contributed by atoms with Crippen molar-refractivity contribution in [3.05, 3.63) is 11.7 Å². The second-order valence-electron chi connectivity index (χ2n) is 3.80. The molecule has 0 spiro atoms. The molecule has 5 heteroatoms. The monoisotopic (exact) mass is 237 g/mol. The van der Waals surface area contributed by atoms with Crippen molar-refractivity contribution >= 4 is 0 Å². The van der Waals surface area contributed by atoms with Crippen LogP contribution in [0.4, 0.5) is 0 Å². The summed E-state index contributed by atoms with van der Waals surface area (Å²) in [6.45, 7) is 6.66. The minimum atomic E-state index is -0.455. The molecule has 1 rings (SSSR count). The maximum absolute atomic E-state index is 8.51. The Kier molecular flexibility index (Phi) is 5.11. The van der Waals surface area contributed by atoms with Crippen LogP contribution < -0.4 is 0 Å². The van der Waals surface area contributed by atoms with Crippen LogP contribution in [0.2, 0.25) is 0 Å². The van der Waals surface area contributed by atoms with Gasteiger partial charge >= 0.3 is 0 Å². The van der Waals surface area contributed by atoms with Crippen LogP contribution in [0.3, 0.4) is 0 Å². The molecule has 1 aromatic heterocycles. The molecule has 17 heavy (non-hydrogen) atoms. The van der Waals surface area contributed by atoms with E-state index in [0.717, 1.165) is 12.8 Å². The van der Waals surface area contributed by atoms with E-state index in [-0.39, 0.29) is 0 Å². The summed E-state index contributed by atoms with van der Waals surface area (Å²) in [5, 5.41) is 12.5. The smallest absolute Gasteiger partial charge is 0.227 e. The number of ether oxygens (including phenoxy) is 1. The van der Waals surface area contributed by atoms with E-state index in [0.29, 0.717) is 31.2 Å². The van der Waals surface area contributed by atoms with Gasteiger partial charge in [0.25, 0.3) is 0 Å². The molecule has 1 heterocycles. The Morgan fingerprint density at radius 2 is 2.06 bits per heavy atom. The zero-order valence-corrected chi connectivity index (χ0v) is 10.7. The lowest BCUT2D eigenvalue weighted by Gasteiger charge is -2.27. The highest BCUT2D eigenvalue weighted by Gasteiger charge is 2.34. The Morgan fingerprint density at radius 3 is 2.59 bits per heavy atom. The van der Waals surface area contributed by atoms with Crippen LogP contribution in [0.5, 0.6) is 0 Å². The molecule has 0 fully saturated rings. The fourth-order valence-corrected chi connectivity index (χ4v) is 1.82. The third kappa shape index (κ3) is 3.04. The van der Waals surface area contributed by atoms with Gasteiger partial charge in [0.1, 0.15) is 5.60 Å². The van der Waals surface area contributed by atoms with Gasteiger partial charge in [0.15, 0.2) is 0 Å². The summed E-state index contributed by atoms with van der Waals surface area (Å²) in [6, 6.07) is 2.06. The first-order chi connectivity index (χ1) is 8.22. The molecule has 0 bridgehead atoms. The van der Waals surface area contributed by atoms with Gasteiger partial charge in [-0.2, -0.15) is 10.2 Å². The van der Waals surface area contributed by atoms with E-state index >= 15 is 0 Å². The second-order valence-corrected chi connectivity index (χ2v) is 3.80. The Balaban J connectivity index is 2.88. The topological polar surface area (TPSA) is 71.9 Å². The van der Waals surface area contributed by atoms with Crippen molar-refractivity contribution in [1.29, 1.82) is 5.26 Å². The predicted octanol–water partition coefficient (Wildman–Crippen LogP) is 2.58. The first kappa shape index (κ1) is 13.7. The molecule has 0 saturated heterocycles. The maximum Gasteiger partial charge on any atom is 0.227 e. The SMILES string of the molecule is CCOC(CC)(CC)c1noc(CCC#N)n1. The van der Waals surface area contributed by atoms with Gasteiger partial charge in [-0.05, 0) is 19.8 Å². The lowest BCUT2D eigenvalue weighted by Crippen LogP contribution is -2.29. The Morgan fingerprint density at radius 1 is 1.35 bits per heavy atom. The van der Waals surface area contributed by atoms with Gasteiger partial charge in [-0.3, -0.25) is 0 Å². The van der Waals surface area contributed by atoms with Crippen LogP contribution in [0.1, 0.15) is 51.7 Å². The summed E-state index contributed by atoms with van der Waals surface area (Å²) >= 11 is 0. The Hall–Kier alpha value is -1.41. The number of rotatable bonds is 7. The average molecular weight is 237 g/mol. The molecule has 0 aliphatic heterocycles. The summed E-state index contributed by atoms with van der Waals surface area (Å²) in [5.74, 6) is 1.10. The molecule has 94 valence electrons. The highest BCUT2D eigenvalue weighted by atomic mass is 16.5. The zero-order valence-electron chi connectivity index (χ0n) is 10.7. The number of nitrogens with zero attached hydrogens (tertiary/aromatic N) is 3. The zero-order chi connectivity index (χ0) is 12.7. The van der Waals surface area contributed by atoms with E-state index in [9.17, 15) is 0 Å². The summed E-state index contributed by atoms with van der Waals surface area (Å²) in [5.41, 5.74) is -0.455. The molecule has 0 N–H and O–H groups in total. The van der Waals surface area contributed by atoms with Gasteiger partial charge in [-0.1, -0.05) is 19.0 Å². The minimum absolute atomic E-state index is 0.390. The van der Waals surface area contributed by atoms with E-state index < -0.39 is 5.60 Å². The molecule has 0 aromatic carbocycles. The van der Waals surface area contributed by atoms with Crippen LogP contribution in [0.25, 0.3) is 0 Å². The first-order valence-corrected chi connectivity index (χ1v) is 6.06. The quantitative estimate of drug-likeness (QED) is 0.728. The lowest BCUT2D eigenvalue weighted by atomic mass is 9.96. The van der Waals surface area contributed by atoms with Crippen LogP contribution in [-0.4, -0.2) is 16.7 Å². The highest BCUT2D eigenvalue weighted by Crippen LogP contribution is 2.30. The van der Waals surface area contributed by atoms with Crippen molar-refractivity contribution in [2.45, 2.75) is 52.1 Å². The number of nitriles is 1. The molecule has 0 aliphatic rings. The van der Waals surface area contributed by atoms with Gasteiger partial charge in [-0.15, -0.1) is 0 Å². The third-order valence-corrected chi connectivity index (χ3v) is 2.89. The van der Waals surface area contributed by atoms with Gasteiger partial charge in [0, 0.05) is 19.4 Å². The number of hydrogen-bond acceptors (Lipinski definition) is 5. The standard InChI is InChI=1S/C12H19N3O2/c1-4-12(5-2,16-6-3)11-14-10(17-15-11)8-7-9-13/h4-8H2,1-3H3. The maximum atomic E-state index is 8.51. The van der Waals surface area contributed by atoms with Gasteiger partial charge in [0.2, 0.25) is 11.7 Å². The van der Waals surface area contributed by atoms with Crippen molar-refractivity contribution in [1.82, 2.24) is 10.1 Å². The van der Waals surface area contributed by atoms with E-state index in [1.807, 2.05) is 20.8 Å². The van der Waals surface area contributed by atoms with Crippen LogP contribution in [-0.2, 0) is 16.8 Å². The summed E-state index contributed by atoms with van der Waals surface area (Å²) < 4.78 is 10.9. The summed E-state index contributed by atoms with van der Waals surface area (Å²) in [7, 11) is 0. The molecule has 5 nitrogen and oxygen atoms in total. The van der Waals surface area contributed by atoms with Crippen LogP contribution in [0.15, 0.2) is 4.52 Å². The molecule has 0 atom stereocenters. The van der Waals surface area contributed by atoms with E-state index in [1.165, 1.54) is 0 Å². The number of aryl methyl sites for hydroxylation is 1. The minimum Gasteiger partial charge on any atom is -0.367 e. The van der Waals surface area contributed by atoms with Crippen LogP contribution in [0, 0.1) is 11.3 Å². The van der Waals surface area contributed by atoms with Crippen molar-refractivity contribution in [3.63, 3.8) is 0 Å². The van der Waals surface area contributed by atoms with Crippen LogP contribution >= 0.6 is 0 Å². The normalized spacial score (nSPS) is 11.4. The van der Waals surface area contributed by atoms with Crippen molar-refractivity contribution < 1.29 is 9.26 Å². The van der Waals surface area contributed by atoms with Gasteiger partial charge in [-0.25, -0.2) is 0 Å². The van der Waals surface area contributed by atoms with Gasteiger partial charge < -0.3 is 9.26 Å². The predicted molar refractivity (Wildman–Crippen MR) is 62.1 cm³/mol. The molecule has 0 unspecified atom stereocenters. The van der Waals surface area contributed by atoms with E-state index in [1.54, 1.807) is 0 Å². The number of hydrogen-bond donors (Lipinski definition) is 0. The van der Waals surface area contributed by atoms with Gasteiger partial charge in [0.05, 0.1) is 6.07 Å². The van der Waals surface area contributed by atoms with E-state index in [2.05, 4.69) is 16.2 Å².